The number of rotatable bonds is 6. The summed E-state index contributed by atoms with van der Waals surface area (Å²) in [5, 5.41) is 0.409. The highest BCUT2D eigenvalue weighted by molar-refractivity contribution is 7.93. The topological polar surface area (TPSA) is 84.4 Å². The molecule has 0 saturated heterocycles. The maximum Gasteiger partial charge on any atom is 0.236 e. The van der Waals surface area contributed by atoms with E-state index in [-0.39, 0.29) is 23.7 Å². The van der Waals surface area contributed by atoms with Gasteiger partial charge in [0.2, 0.25) is 10.0 Å². The number of pyridine rings is 1. The Bertz CT molecular complexity index is 626. The van der Waals surface area contributed by atoms with Crippen molar-refractivity contribution in [1.29, 1.82) is 0 Å². The summed E-state index contributed by atoms with van der Waals surface area (Å²) in [5.74, 6) is -0.168. The van der Waals surface area contributed by atoms with Crippen LogP contribution in [0.1, 0.15) is 6.42 Å². The van der Waals surface area contributed by atoms with Crippen molar-refractivity contribution in [2.75, 3.05) is 29.1 Å². The second-order valence-electron chi connectivity index (χ2n) is 4.10. The van der Waals surface area contributed by atoms with Gasteiger partial charge in [0.15, 0.2) is 0 Å². The minimum absolute atomic E-state index is 0.0547. The molecule has 9 heteroatoms. The van der Waals surface area contributed by atoms with Gasteiger partial charge in [-0.05, 0) is 18.6 Å². The summed E-state index contributed by atoms with van der Waals surface area (Å²) in [4.78, 5) is 3.90. The average Bonchev–Trinajstić information content (AvgIpc) is 2.27. The molecule has 108 valence electrons. The van der Waals surface area contributed by atoms with Gasteiger partial charge in [-0.1, -0.05) is 11.6 Å². The van der Waals surface area contributed by atoms with E-state index in [1.165, 1.54) is 25.4 Å². The lowest BCUT2D eigenvalue weighted by molar-refractivity contribution is 0.590. The standard InChI is InChI=1S/C10H15ClN2O4S2/c1-13(10-5-4-9(11)8-12-10)19(16,17)7-3-6-18(2,14)15/h4-5,8H,3,6-7H2,1-2H3. The minimum atomic E-state index is -3.59. The molecule has 0 atom stereocenters. The summed E-state index contributed by atoms with van der Waals surface area (Å²) in [6, 6.07) is 3.02. The van der Waals surface area contributed by atoms with Crippen LogP contribution in [0.15, 0.2) is 18.3 Å². The van der Waals surface area contributed by atoms with E-state index in [2.05, 4.69) is 4.98 Å². The van der Waals surface area contributed by atoms with E-state index in [0.29, 0.717) is 5.02 Å². The normalized spacial score (nSPS) is 12.4. The summed E-state index contributed by atoms with van der Waals surface area (Å²) < 4.78 is 46.9. The number of halogens is 1. The molecule has 0 amide bonds. The third-order valence-corrected chi connectivity index (χ3v) is 5.45. The van der Waals surface area contributed by atoms with E-state index in [1.807, 2.05) is 0 Å². The molecule has 0 aliphatic heterocycles. The van der Waals surface area contributed by atoms with Gasteiger partial charge < -0.3 is 0 Å². The SMILES string of the molecule is CN(c1ccc(Cl)cn1)S(=O)(=O)CCCS(C)(=O)=O. The van der Waals surface area contributed by atoms with Gasteiger partial charge in [0, 0.05) is 19.5 Å². The molecule has 0 N–H and O–H groups in total. The number of nitrogens with zero attached hydrogens (tertiary/aromatic N) is 2. The number of anilines is 1. The Balaban J connectivity index is 2.74. The van der Waals surface area contributed by atoms with Crippen molar-refractivity contribution in [2.24, 2.45) is 0 Å². The van der Waals surface area contributed by atoms with Crippen LogP contribution in [0.3, 0.4) is 0 Å². The quantitative estimate of drug-likeness (QED) is 0.776. The van der Waals surface area contributed by atoms with Gasteiger partial charge in [0.25, 0.3) is 0 Å². The first-order valence-electron chi connectivity index (χ1n) is 5.38. The van der Waals surface area contributed by atoms with Crippen LogP contribution in [0.25, 0.3) is 0 Å². The third kappa shape index (κ3) is 5.33. The molecule has 0 aliphatic rings. The van der Waals surface area contributed by atoms with Crippen molar-refractivity contribution in [3.8, 4) is 0 Å². The van der Waals surface area contributed by atoms with Gasteiger partial charge >= 0.3 is 0 Å². The number of sulfone groups is 1. The third-order valence-electron chi connectivity index (χ3n) is 2.37. The summed E-state index contributed by atoms with van der Waals surface area (Å²) in [6.45, 7) is 0. The molecule has 0 radical (unpaired) electrons. The highest BCUT2D eigenvalue weighted by Crippen LogP contribution is 2.16. The lowest BCUT2D eigenvalue weighted by Crippen LogP contribution is -2.30. The zero-order chi connectivity index (χ0) is 14.7. The van der Waals surface area contributed by atoms with Crippen LogP contribution in [0.4, 0.5) is 5.82 Å². The van der Waals surface area contributed by atoms with E-state index in [4.69, 9.17) is 11.6 Å². The number of hydrogen-bond donors (Lipinski definition) is 0. The zero-order valence-electron chi connectivity index (χ0n) is 10.6. The Hall–Kier alpha value is -0.860. The molecule has 1 aromatic heterocycles. The van der Waals surface area contributed by atoms with E-state index < -0.39 is 19.9 Å². The molecule has 6 nitrogen and oxygen atoms in total. The molecule has 0 bridgehead atoms. The Morgan fingerprint density at radius 3 is 2.32 bits per heavy atom. The van der Waals surface area contributed by atoms with Crippen LogP contribution >= 0.6 is 11.6 Å². The summed E-state index contributed by atoms with van der Waals surface area (Å²) in [7, 11) is -5.38. The molecule has 0 saturated carbocycles. The largest absolute Gasteiger partial charge is 0.257 e. The second kappa shape index (κ2) is 6.06. The van der Waals surface area contributed by atoms with Crippen molar-refractivity contribution in [2.45, 2.75) is 6.42 Å². The minimum Gasteiger partial charge on any atom is -0.257 e. The van der Waals surface area contributed by atoms with Gasteiger partial charge in [-0.15, -0.1) is 0 Å². The Labute approximate surface area is 118 Å². The maximum atomic E-state index is 12.0. The fraction of sp³-hybridized carbons (Fsp3) is 0.500. The average molecular weight is 327 g/mol. The second-order valence-corrected chi connectivity index (χ2v) is 8.92. The van der Waals surface area contributed by atoms with Crippen LogP contribution < -0.4 is 4.31 Å². The zero-order valence-corrected chi connectivity index (χ0v) is 13.0. The molecule has 0 spiro atoms. The molecule has 1 heterocycles. The molecule has 1 aromatic rings. The van der Waals surface area contributed by atoms with Crippen molar-refractivity contribution in [1.82, 2.24) is 4.98 Å². The highest BCUT2D eigenvalue weighted by atomic mass is 35.5. The van der Waals surface area contributed by atoms with E-state index >= 15 is 0 Å². The molecule has 0 fully saturated rings. The fourth-order valence-electron chi connectivity index (χ4n) is 1.34. The molecule has 19 heavy (non-hydrogen) atoms. The molecular formula is C10H15ClN2O4S2. The highest BCUT2D eigenvalue weighted by Gasteiger charge is 2.19. The van der Waals surface area contributed by atoms with Gasteiger partial charge in [-0.2, -0.15) is 0 Å². The van der Waals surface area contributed by atoms with Crippen LogP contribution in [-0.2, 0) is 19.9 Å². The van der Waals surface area contributed by atoms with Crippen LogP contribution in [-0.4, -0.2) is 46.6 Å². The number of sulfonamides is 1. The van der Waals surface area contributed by atoms with Crippen molar-refractivity contribution in [3.63, 3.8) is 0 Å². The lowest BCUT2D eigenvalue weighted by atomic mass is 10.5. The summed E-state index contributed by atoms with van der Waals surface area (Å²) in [5.41, 5.74) is 0. The van der Waals surface area contributed by atoms with E-state index in [9.17, 15) is 16.8 Å². The lowest BCUT2D eigenvalue weighted by Gasteiger charge is -2.18. The Morgan fingerprint density at radius 1 is 1.21 bits per heavy atom. The first-order valence-corrected chi connectivity index (χ1v) is 9.42. The fourth-order valence-corrected chi connectivity index (χ4v) is 3.48. The predicted molar refractivity (Wildman–Crippen MR) is 75.8 cm³/mol. The predicted octanol–water partition coefficient (Wildman–Crippen LogP) is 0.936. The van der Waals surface area contributed by atoms with E-state index in [0.717, 1.165) is 10.6 Å². The Morgan fingerprint density at radius 2 is 1.84 bits per heavy atom. The van der Waals surface area contributed by atoms with Crippen molar-refractivity contribution < 1.29 is 16.8 Å². The molecular weight excluding hydrogens is 312 g/mol. The molecule has 0 aliphatic carbocycles. The monoisotopic (exact) mass is 326 g/mol. The molecule has 0 aromatic carbocycles. The van der Waals surface area contributed by atoms with Crippen LogP contribution in [0.5, 0.6) is 0 Å². The van der Waals surface area contributed by atoms with Gasteiger partial charge in [-0.25, -0.2) is 21.8 Å². The van der Waals surface area contributed by atoms with Gasteiger partial charge in [-0.3, -0.25) is 4.31 Å². The maximum absolute atomic E-state index is 12.0. The smallest absolute Gasteiger partial charge is 0.236 e. The number of aromatic nitrogens is 1. The Kier molecular flexibility index (Phi) is 5.17. The van der Waals surface area contributed by atoms with Gasteiger partial charge in [0.1, 0.15) is 15.7 Å². The van der Waals surface area contributed by atoms with Crippen molar-refractivity contribution in [3.05, 3.63) is 23.4 Å². The first kappa shape index (κ1) is 16.2. The number of hydrogen-bond acceptors (Lipinski definition) is 5. The molecule has 1 rings (SSSR count). The van der Waals surface area contributed by atoms with Crippen LogP contribution in [0, 0.1) is 0 Å². The van der Waals surface area contributed by atoms with Gasteiger partial charge in [0.05, 0.1) is 16.5 Å². The molecule has 0 unspecified atom stereocenters. The summed E-state index contributed by atoms with van der Waals surface area (Å²) >= 11 is 5.67. The first-order chi connectivity index (χ1) is 8.62. The van der Waals surface area contributed by atoms with E-state index in [1.54, 1.807) is 0 Å². The van der Waals surface area contributed by atoms with Crippen molar-refractivity contribution >= 4 is 37.3 Å². The van der Waals surface area contributed by atoms with Crippen LogP contribution in [0.2, 0.25) is 5.02 Å². The summed E-state index contributed by atoms with van der Waals surface area (Å²) in [6.07, 6.45) is 2.47.